The monoisotopic (exact) mass is 626 g/mol. The number of fused-ring (bicyclic) bond motifs is 5. The second-order valence-electron chi connectivity index (χ2n) is 12.7. The Kier molecular flexibility index (Phi) is 6.88. The molecule has 0 amide bonds. The van der Waals surface area contributed by atoms with Crippen LogP contribution in [0.1, 0.15) is 25.0 Å². The third kappa shape index (κ3) is 4.48. The molecule has 2 heterocycles. The average molecular weight is 627 g/mol. The predicted octanol–water partition coefficient (Wildman–Crippen LogP) is 10.0. The molecule has 7 aromatic rings. The summed E-state index contributed by atoms with van der Waals surface area (Å²) in [4.78, 5) is 9.25. The molecule has 0 aliphatic heterocycles. The molecular formula is C42H34N4O2. The van der Waals surface area contributed by atoms with Crippen LogP contribution in [0.4, 0.5) is 0 Å². The van der Waals surface area contributed by atoms with Crippen molar-refractivity contribution in [3.05, 3.63) is 168 Å². The van der Waals surface area contributed by atoms with E-state index in [1.54, 1.807) is 0 Å². The molecule has 0 spiro atoms. The number of nitrogens with zero attached hydrogens (tertiary/aromatic N) is 4. The van der Waals surface area contributed by atoms with E-state index in [-0.39, 0.29) is 11.5 Å². The molecule has 8 rings (SSSR count). The molecule has 6 heteroatoms. The largest absolute Gasteiger partial charge is 0.507 e. The number of aliphatic imine (C=N–C) groups is 2. The number of hydrogen-bond donors (Lipinski definition) is 2. The fourth-order valence-corrected chi connectivity index (χ4v) is 7.04. The molecule has 1 aliphatic rings. The first-order valence-electron chi connectivity index (χ1n) is 16.0. The molecule has 5 aromatic carbocycles. The van der Waals surface area contributed by atoms with E-state index < -0.39 is 5.41 Å². The van der Waals surface area contributed by atoms with Crippen LogP contribution in [0.3, 0.4) is 0 Å². The van der Waals surface area contributed by atoms with Gasteiger partial charge in [-0.3, -0.25) is 9.98 Å². The Morgan fingerprint density at radius 3 is 2.10 bits per heavy atom. The van der Waals surface area contributed by atoms with Gasteiger partial charge in [0.25, 0.3) is 0 Å². The van der Waals surface area contributed by atoms with Crippen molar-refractivity contribution in [3.63, 3.8) is 0 Å². The van der Waals surface area contributed by atoms with Crippen molar-refractivity contribution in [1.82, 2.24) is 9.13 Å². The van der Waals surface area contributed by atoms with Crippen LogP contribution in [0.15, 0.2) is 166 Å². The van der Waals surface area contributed by atoms with E-state index in [2.05, 4.69) is 118 Å². The number of rotatable bonds is 7. The normalized spacial score (nSPS) is 14.9. The number of hydrogen-bond acceptors (Lipinski definition) is 4. The number of allylic oxidation sites excluding steroid dienone is 1. The summed E-state index contributed by atoms with van der Waals surface area (Å²) in [5.74, 6) is -0.341. The summed E-state index contributed by atoms with van der Waals surface area (Å²) in [5, 5.41) is 25.5. The SMILES string of the molecule is C=NC1=C(C(=NCc2ccc(-n3c4ccccc4c4ccc5c(ccn5-c5ccccc5)c43)cc2)c2ccccc2)C(O)=C(O)C1(C)C. The molecule has 0 saturated carbocycles. The van der Waals surface area contributed by atoms with Gasteiger partial charge in [0.1, 0.15) is 5.76 Å². The Morgan fingerprint density at radius 1 is 0.688 bits per heavy atom. The van der Waals surface area contributed by atoms with E-state index in [9.17, 15) is 10.2 Å². The molecule has 0 radical (unpaired) electrons. The molecular weight excluding hydrogens is 592 g/mol. The van der Waals surface area contributed by atoms with E-state index in [1.165, 1.54) is 21.7 Å². The maximum Gasteiger partial charge on any atom is 0.165 e. The van der Waals surface area contributed by atoms with Gasteiger partial charge in [0.05, 0.1) is 45.5 Å². The Labute approximate surface area is 278 Å². The smallest absolute Gasteiger partial charge is 0.165 e. The van der Waals surface area contributed by atoms with Crippen LogP contribution in [-0.4, -0.2) is 31.8 Å². The zero-order chi connectivity index (χ0) is 33.0. The molecule has 234 valence electrons. The Balaban J connectivity index is 1.23. The number of aliphatic hydroxyl groups is 2. The summed E-state index contributed by atoms with van der Waals surface area (Å²) < 4.78 is 4.59. The highest BCUT2D eigenvalue weighted by atomic mass is 16.3. The van der Waals surface area contributed by atoms with Crippen LogP contribution in [-0.2, 0) is 6.54 Å². The van der Waals surface area contributed by atoms with Crippen LogP contribution in [0.25, 0.3) is 44.1 Å². The maximum atomic E-state index is 11.1. The highest BCUT2D eigenvalue weighted by Crippen LogP contribution is 2.46. The first-order chi connectivity index (χ1) is 23.4. The van der Waals surface area contributed by atoms with Crippen molar-refractivity contribution in [2.24, 2.45) is 15.4 Å². The minimum absolute atomic E-state index is 0.132. The minimum Gasteiger partial charge on any atom is -0.507 e. The second-order valence-corrected chi connectivity index (χ2v) is 12.7. The standard InChI is InChI=1S/C42H34N4O2/c1-42(2)40(43-3)36(39(47)41(42)48)37(28-12-6-4-7-13-28)44-26-27-18-20-30(21-19-27)46-35-17-11-10-16-31(35)32-22-23-34-33(38(32)46)24-25-45(34)29-14-8-5-9-15-29/h4-25,47-48H,3,26H2,1-2H3. The molecule has 2 N–H and O–H groups in total. The van der Waals surface area contributed by atoms with E-state index in [1.807, 2.05) is 50.2 Å². The molecule has 6 nitrogen and oxygen atoms in total. The molecule has 1 aliphatic carbocycles. The fourth-order valence-electron chi connectivity index (χ4n) is 7.04. The third-order valence-corrected chi connectivity index (χ3v) is 9.48. The van der Waals surface area contributed by atoms with Gasteiger partial charge in [-0.25, -0.2) is 0 Å². The van der Waals surface area contributed by atoms with Gasteiger partial charge in [-0.15, -0.1) is 0 Å². The number of aromatic nitrogens is 2. The summed E-state index contributed by atoms with van der Waals surface area (Å²) in [5.41, 5.74) is 8.06. The molecule has 0 unspecified atom stereocenters. The van der Waals surface area contributed by atoms with Gasteiger partial charge in [0, 0.05) is 39.3 Å². The average Bonchev–Trinajstić information content (AvgIpc) is 3.75. The number of aliphatic hydroxyl groups excluding tert-OH is 2. The van der Waals surface area contributed by atoms with Crippen molar-refractivity contribution < 1.29 is 10.2 Å². The number of para-hydroxylation sites is 2. The van der Waals surface area contributed by atoms with Gasteiger partial charge < -0.3 is 19.3 Å². The van der Waals surface area contributed by atoms with Crippen LogP contribution < -0.4 is 0 Å². The zero-order valence-corrected chi connectivity index (χ0v) is 26.8. The van der Waals surface area contributed by atoms with E-state index in [0.29, 0.717) is 23.5 Å². The molecule has 0 fully saturated rings. The van der Waals surface area contributed by atoms with Crippen LogP contribution in [0, 0.1) is 5.41 Å². The van der Waals surface area contributed by atoms with Crippen LogP contribution in [0.2, 0.25) is 0 Å². The first kappa shape index (κ1) is 29.3. The lowest BCUT2D eigenvalue weighted by Gasteiger charge is -2.19. The van der Waals surface area contributed by atoms with Gasteiger partial charge in [-0.2, -0.15) is 0 Å². The second kappa shape index (κ2) is 11.3. The quantitative estimate of drug-likeness (QED) is 0.173. The minimum atomic E-state index is -0.881. The molecule has 0 bridgehead atoms. The molecule has 48 heavy (non-hydrogen) atoms. The van der Waals surface area contributed by atoms with Crippen molar-refractivity contribution in [1.29, 1.82) is 0 Å². The van der Waals surface area contributed by atoms with E-state index in [0.717, 1.165) is 33.5 Å². The van der Waals surface area contributed by atoms with Crippen molar-refractivity contribution in [3.8, 4) is 11.4 Å². The van der Waals surface area contributed by atoms with Gasteiger partial charge in [-0.05, 0) is 68.6 Å². The molecule has 0 saturated heterocycles. The third-order valence-electron chi connectivity index (χ3n) is 9.48. The summed E-state index contributed by atoms with van der Waals surface area (Å²) in [6.45, 7) is 7.75. The van der Waals surface area contributed by atoms with E-state index >= 15 is 0 Å². The zero-order valence-electron chi connectivity index (χ0n) is 26.8. The van der Waals surface area contributed by atoms with Gasteiger partial charge in [0.15, 0.2) is 5.76 Å². The maximum absolute atomic E-state index is 11.1. The first-order valence-corrected chi connectivity index (χ1v) is 16.0. The van der Waals surface area contributed by atoms with Gasteiger partial charge in [0.2, 0.25) is 0 Å². The summed E-state index contributed by atoms with van der Waals surface area (Å²) in [7, 11) is 0. The van der Waals surface area contributed by atoms with Crippen molar-refractivity contribution in [2.45, 2.75) is 20.4 Å². The molecule has 0 atom stereocenters. The fraction of sp³-hybridized carbons (Fsp3) is 0.0952. The van der Waals surface area contributed by atoms with Gasteiger partial charge >= 0.3 is 0 Å². The Bertz CT molecular complexity index is 2460. The highest BCUT2D eigenvalue weighted by molar-refractivity contribution is 6.18. The van der Waals surface area contributed by atoms with Crippen LogP contribution in [0.5, 0.6) is 0 Å². The van der Waals surface area contributed by atoms with E-state index in [4.69, 9.17) is 4.99 Å². The lowest BCUT2D eigenvalue weighted by Crippen LogP contribution is -2.15. The van der Waals surface area contributed by atoms with Crippen molar-refractivity contribution in [2.75, 3.05) is 0 Å². The summed E-state index contributed by atoms with van der Waals surface area (Å²) in [6, 6.07) is 43.8. The van der Waals surface area contributed by atoms with Crippen molar-refractivity contribution >= 4 is 45.1 Å². The Hall–Kier alpha value is -6.14. The van der Waals surface area contributed by atoms with Crippen LogP contribution >= 0.6 is 0 Å². The number of benzene rings is 5. The lowest BCUT2D eigenvalue weighted by atomic mass is 9.89. The Morgan fingerprint density at radius 2 is 1.38 bits per heavy atom. The molecule has 2 aromatic heterocycles. The summed E-state index contributed by atoms with van der Waals surface area (Å²) in [6.07, 6.45) is 2.15. The summed E-state index contributed by atoms with van der Waals surface area (Å²) >= 11 is 0. The predicted molar refractivity (Wildman–Crippen MR) is 197 cm³/mol. The lowest BCUT2D eigenvalue weighted by molar-refractivity contribution is 0.265. The van der Waals surface area contributed by atoms with Gasteiger partial charge in [-0.1, -0.05) is 84.9 Å². The topological polar surface area (TPSA) is 75.0 Å². The highest BCUT2D eigenvalue weighted by Gasteiger charge is 2.42.